The predicted octanol–water partition coefficient (Wildman–Crippen LogP) is 2.77. The summed E-state index contributed by atoms with van der Waals surface area (Å²) in [6.07, 6.45) is 7.12. The van der Waals surface area contributed by atoms with E-state index >= 15 is 0 Å². The van der Waals surface area contributed by atoms with Crippen LogP contribution < -0.4 is 5.73 Å². The third-order valence-electron chi connectivity index (χ3n) is 4.34. The second-order valence-electron chi connectivity index (χ2n) is 7.46. The first-order chi connectivity index (χ1) is 8.80. The van der Waals surface area contributed by atoms with Gasteiger partial charge in [-0.1, -0.05) is 27.7 Å². The lowest BCUT2D eigenvalue weighted by molar-refractivity contribution is 0.161. The molecule has 2 rings (SSSR count). The molecule has 1 aromatic heterocycles. The molecule has 0 unspecified atom stereocenters. The van der Waals surface area contributed by atoms with Crippen LogP contribution in [-0.4, -0.2) is 20.3 Å². The topological polar surface area (TPSA) is 56.7 Å². The van der Waals surface area contributed by atoms with Crippen LogP contribution >= 0.6 is 0 Å². The highest BCUT2D eigenvalue weighted by molar-refractivity contribution is 5.01. The lowest BCUT2D eigenvalue weighted by atomic mass is 9.68. The maximum Gasteiger partial charge on any atom is 0.138 e. The summed E-state index contributed by atoms with van der Waals surface area (Å²) in [5.74, 6) is 1.63. The Morgan fingerprint density at radius 1 is 1.26 bits per heavy atom. The zero-order valence-corrected chi connectivity index (χ0v) is 12.8. The lowest BCUT2D eigenvalue weighted by Gasteiger charge is -2.41. The smallest absolute Gasteiger partial charge is 0.138 e. The van der Waals surface area contributed by atoms with Crippen LogP contribution in [0.25, 0.3) is 0 Å². The molecule has 19 heavy (non-hydrogen) atoms. The fourth-order valence-corrected chi connectivity index (χ4v) is 2.84. The number of aromatic nitrogens is 3. The molecule has 108 valence electrons. The Morgan fingerprint density at radius 3 is 2.47 bits per heavy atom. The number of rotatable bonds is 4. The first-order valence-corrected chi connectivity index (χ1v) is 7.45. The maximum absolute atomic E-state index is 6.59. The van der Waals surface area contributed by atoms with E-state index < -0.39 is 0 Å². The van der Waals surface area contributed by atoms with Gasteiger partial charge in [0.1, 0.15) is 12.2 Å². The van der Waals surface area contributed by atoms with Crippen LogP contribution in [0.15, 0.2) is 6.33 Å². The van der Waals surface area contributed by atoms with Gasteiger partial charge < -0.3 is 5.73 Å². The molecule has 0 radical (unpaired) electrons. The average Bonchev–Trinajstić information content (AvgIpc) is 2.70. The van der Waals surface area contributed by atoms with E-state index in [2.05, 4.69) is 37.8 Å². The lowest BCUT2D eigenvalue weighted by Crippen LogP contribution is -2.47. The predicted molar refractivity (Wildman–Crippen MR) is 77.7 cm³/mol. The Morgan fingerprint density at radius 2 is 1.89 bits per heavy atom. The number of nitrogens with zero attached hydrogens (tertiary/aromatic N) is 3. The van der Waals surface area contributed by atoms with Crippen molar-refractivity contribution in [3.8, 4) is 0 Å². The second kappa shape index (κ2) is 5.23. The van der Waals surface area contributed by atoms with E-state index in [0.717, 1.165) is 31.6 Å². The Hall–Kier alpha value is -0.900. The molecular weight excluding hydrogens is 236 g/mol. The van der Waals surface area contributed by atoms with Crippen LogP contribution in [0, 0.1) is 11.3 Å². The van der Waals surface area contributed by atoms with Gasteiger partial charge >= 0.3 is 0 Å². The third-order valence-corrected chi connectivity index (χ3v) is 4.34. The Labute approximate surface area is 116 Å². The summed E-state index contributed by atoms with van der Waals surface area (Å²) in [4.78, 5) is 4.42. The fraction of sp³-hybridized carbons (Fsp3) is 0.867. The molecule has 0 atom stereocenters. The van der Waals surface area contributed by atoms with E-state index in [0.29, 0.717) is 11.3 Å². The standard InChI is InChI=1S/C15H28N4/c1-12(2)10-19-13(17-11-18-19)9-15(16)7-5-14(3,4)6-8-15/h11-12H,5-10,16H2,1-4H3. The molecule has 0 saturated heterocycles. The van der Waals surface area contributed by atoms with Gasteiger partial charge in [-0.15, -0.1) is 0 Å². The highest BCUT2D eigenvalue weighted by Crippen LogP contribution is 2.40. The summed E-state index contributed by atoms with van der Waals surface area (Å²) in [5.41, 5.74) is 6.96. The van der Waals surface area contributed by atoms with E-state index in [4.69, 9.17) is 5.73 Å². The number of hydrogen-bond acceptors (Lipinski definition) is 3. The molecule has 1 saturated carbocycles. The molecule has 0 aromatic carbocycles. The van der Waals surface area contributed by atoms with Crippen molar-refractivity contribution in [2.45, 2.75) is 71.9 Å². The summed E-state index contributed by atoms with van der Waals surface area (Å²) >= 11 is 0. The molecule has 1 aliphatic carbocycles. The van der Waals surface area contributed by atoms with Crippen LogP contribution in [0.2, 0.25) is 0 Å². The van der Waals surface area contributed by atoms with Crippen molar-refractivity contribution >= 4 is 0 Å². The van der Waals surface area contributed by atoms with Crippen LogP contribution in [0.1, 0.15) is 59.2 Å². The second-order valence-corrected chi connectivity index (χ2v) is 7.46. The van der Waals surface area contributed by atoms with Gasteiger partial charge in [0.15, 0.2) is 0 Å². The molecule has 2 N–H and O–H groups in total. The van der Waals surface area contributed by atoms with Gasteiger partial charge in [-0.3, -0.25) is 0 Å². The Balaban J connectivity index is 2.03. The minimum Gasteiger partial charge on any atom is -0.325 e. The first-order valence-electron chi connectivity index (χ1n) is 7.45. The molecule has 0 bridgehead atoms. The molecule has 4 heteroatoms. The molecule has 0 spiro atoms. The summed E-state index contributed by atoms with van der Waals surface area (Å²) in [5, 5.41) is 4.33. The quantitative estimate of drug-likeness (QED) is 0.909. The normalized spacial score (nSPS) is 21.8. The van der Waals surface area contributed by atoms with Crippen molar-refractivity contribution in [2.24, 2.45) is 17.1 Å². The minimum absolute atomic E-state index is 0.0860. The summed E-state index contributed by atoms with van der Waals surface area (Å²) in [7, 11) is 0. The Bertz CT molecular complexity index is 410. The van der Waals surface area contributed by atoms with Gasteiger partial charge in [-0.2, -0.15) is 5.10 Å². The molecule has 1 aromatic rings. The van der Waals surface area contributed by atoms with Gasteiger partial charge in [0.05, 0.1) is 0 Å². The van der Waals surface area contributed by atoms with Crippen LogP contribution in [0.5, 0.6) is 0 Å². The molecule has 1 heterocycles. The SMILES string of the molecule is CC(C)Cn1ncnc1CC1(N)CCC(C)(C)CC1. The van der Waals surface area contributed by atoms with E-state index in [1.165, 1.54) is 12.8 Å². The van der Waals surface area contributed by atoms with Crippen LogP contribution in [-0.2, 0) is 13.0 Å². The first kappa shape index (κ1) is 14.5. The highest BCUT2D eigenvalue weighted by Gasteiger charge is 2.36. The van der Waals surface area contributed by atoms with Gasteiger partial charge in [0.25, 0.3) is 0 Å². The molecule has 0 aliphatic heterocycles. The summed E-state index contributed by atoms with van der Waals surface area (Å²) in [6.45, 7) is 10.0. The number of hydrogen-bond donors (Lipinski definition) is 1. The zero-order valence-electron chi connectivity index (χ0n) is 12.8. The van der Waals surface area contributed by atoms with E-state index in [1.807, 2.05) is 4.68 Å². The van der Waals surface area contributed by atoms with Crippen molar-refractivity contribution in [2.75, 3.05) is 0 Å². The van der Waals surface area contributed by atoms with Gasteiger partial charge in [-0.05, 0) is 37.0 Å². The van der Waals surface area contributed by atoms with Crippen molar-refractivity contribution in [3.63, 3.8) is 0 Å². The molecular formula is C15H28N4. The zero-order chi connectivity index (χ0) is 14.1. The van der Waals surface area contributed by atoms with Gasteiger partial charge in [0, 0.05) is 18.5 Å². The summed E-state index contributed by atoms with van der Waals surface area (Å²) in [6, 6.07) is 0. The largest absolute Gasteiger partial charge is 0.325 e. The van der Waals surface area contributed by atoms with Crippen LogP contribution in [0.4, 0.5) is 0 Å². The van der Waals surface area contributed by atoms with Crippen LogP contribution in [0.3, 0.4) is 0 Å². The van der Waals surface area contributed by atoms with Crippen molar-refractivity contribution in [1.82, 2.24) is 14.8 Å². The van der Waals surface area contributed by atoms with Gasteiger partial charge in [0.2, 0.25) is 0 Å². The van der Waals surface area contributed by atoms with Crippen molar-refractivity contribution in [1.29, 1.82) is 0 Å². The van der Waals surface area contributed by atoms with E-state index in [9.17, 15) is 0 Å². The monoisotopic (exact) mass is 264 g/mol. The van der Waals surface area contributed by atoms with E-state index in [1.54, 1.807) is 6.33 Å². The fourth-order valence-electron chi connectivity index (χ4n) is 2.84. The number of nitrogens with two attached hydrogens (primary N) is 1. The molecule has 4 nitrogen and oxygen atoms in total. The highest BCUT2D eigenvalue weighted by atomic mass is 15.3. The minimum atomic E-state index is -0.0860. The molecule has 0 amide bonds. The molecule has 1 fully saturated rings. The average molecular weight is 264 g/mol. The van der Waals surface area contributed by atoms with Gasteiger partial charge in [-0.25, -0.2) is 9.67 Å². The Kier molecular flexibility index (Phi) is 4.00. The van der Waals surface area contributed by atoms with Crippen molar-refractivity contribution in [3.05, 3.63) is 12.2 Å². The maximum atomic E-state index is 6.59. The van der Waals surface area contributed by atoms with E-state index in [-0.39, 0.29) is 5.54 Å². The van der Waals surface area contributed by atoms with Crippen molar-refractivity contribution < 1.29 is 0 Å². The summed E-state index contributed by atoms with van der Waals surface area (Å²) < 4.78 is 2.03. The third kappa shape index (κ3) is 3.78. The molecule has 1 aliphatic rings.